The molecular weight excluding hydrogens is 516 g/mol. The standard InChI is InChI=1S/C27H23ClN2O4S2/c1-2-34-25-16-15-22(18-24(25)29-27(31)19-9-8-10-20(28)17-19)36(32,33)30-23-13-6-7-14-26(23)35-21-11-4-3-5-12-21/h3-18,30H,2H2,1H3,(H,29,31). The first-order chi connectivity index (χ1) is 17.4. The summed E-state index contributed by atoms with van der Waals surface area (Å²) in [6.45, 7) is 2.14. The van der Waals surface area contributed by atoms with Gasteiger partial charge in [-0.25, -0.2) is 8.42 Å². The fourth-order valence-electron chi connectivity index (χ4n) is 3.34. The number of rotatable bonds is 9. The molecule has 0 unspecified atom stereocenters. The lowest BCUT2D eigenvalue weighted by molar-refractivity contribution is 0.102. The van der Waals surface area contributed by atoms with Crippen molar-refractivity contribution in [3.8, 4) is 5.75 Å². The Hall–Kier alpha value is -3.46. The highest BCUT2D eigenvalue weighted by atomic mass is 35.5. The topological polar surface area (TPSA) is 84.5 Å². The van der Waals surface area contributed by atoms with Crippen LogP contribution in [-0.2, 0) is 10.0 Å². The number of hydrogen-bond donors (Lipinski definition) is 2. The van der Waals surface area contributed by atoms with Gasteiger partial charge in [0.2, 0.25) is 0 Å². The minimum Gasteiger partial charge on any atom is -0.492 e. The molecule has 0 bridgehead atoms. The number of para-hydroxylation sites is 1. The van der Waals surface area contributed by atoms with Gasteiger partial charge in [-0.2, -0.15) is 0 Å². The van der Waals surface area contributed by atoms with E-state index in [0.29, 0.717) is 28.6 Å². The summed E-state index contributed by atoms with van der Waals surface area (Å²) >= 11 is 7.46. The van der Waals surface area contributed by atoms with Gasteiger partial charge < -0.3 is 10.1 Å². The van der Waals surface area contributed by atoms with Gasteiger partial charge >= 0.3 is 0 Å². The Balaban J connectivity index is 1.62. The summed E-state index contributed by atoms with van der Waals surface area (Å²) in [4.78, 5) is 14.5. The molecule has 1 amide bonds. The Labute approximate surface area is 219 Å². The highest BCUT2D eigenvalue weighted by molar-refractivity contribution is 7.99. The zero-order valence-corrected chi connectivity index (χ0v) is 21.7. The first kappa shape index (κ1) is 25.6. The molecule has 0 saturated carbocycles. The van der Waals surface area contributed by atoms with E-state index in [1.165, 1.54) is 36.0 Å². The van der Waals surface area contributed by atoms with Gasteiger partial charge in [-0.1, -0.05) is 59.8 Å². The maximum absolute atomic E-state index is 13.3. The maximum atomic E-state index is 13.3. The molecule has 36 heavy (non-hydrogen) atoms. The molecular formula is C27H23ClN2O4S2. The summed E-state index contributed by atoms with van der Waals surface area (Å²) in [5.41, 5.74) is 1.02. The molecule has 0 aliphatic heterocycles. The molecule has 6 nitrogen and oxygen atoms in total. The molecule has 0 aliphatic carbocycles. The Morgan fingerprint density at radius 3 is 2.39 bits per heavy atom. The Morgan fingerprint density at radius 1 is 0.889 bits per heavy atom. The second-order valence-corrected chi connectivity index (χ2v) is 10.8. The van der Waals surface area contributed by atoms with Crippen LogP contribution in [0.2, 0.25) is 5.02 Å². The lowest BCUT2D eigenvalue weighted by atomic mass is 10.2. The normalized spacial score (nSPS) is 11.1. The van der Waals surface area contributed by atoms with Crippen molar-refractivity contribution in [3.63, 3.8) is 0 Å². The van der Waals surface area contributed by atoms with Crippen LogP contribution >= 0.6 is 23.4 Å². The second kappa shape index (κ2) is 11.5. The summed E-state index contributed by atoms with van der Waals surface area (Å²) in [6.07, 6.45) is 0. The third-order valence-electron chi connectivity index (χ3n) is 5.00. The summed E-state index contributed by atoms with van der Waals surface area (Å²) in [5.74, 6) is -0.0857. The lowest BCUT2D eigenvalue weighted by Gasteiger charge is -2.16. The molecule has 0 spiro atoms. The van der Waals surface area contributed by atoms with Crippen molar-refractivity contribution in [1.29, 1.82) is 0 Å². The van der Waals surface area contributed by atoms with Gasteiger partial charge in [-0.05, 0) is 67.6 Å². The molecule has 0 saturated heterocycles. The Kier molecular flexibility index (Phi) is 8.20. The number of hydrogen-bond acceptors (Lipinski definition) is 5. The largest absolute Gasteiger partial charge is 0.492 e. The second-order valence-electron chi connectivity index (χ2n) is 7.57. The number of benzene rings is 4. The number of amides is 1. The average Bonchev–Trinajstić information content (AvgIpc) is 2.87. The monoisotopic (exact) mass is 538 g/mol. The number of carbonyl (C=O) groups excluding carboxylic acids is 1. The number of nitrogens with one attached hydrogen (secondary N) is 2. The highest BCUT2D eigenvalue weighted by Gasteiger charge is 2.20. The van der Waals surface area contributed by atoms with Gasteiger partial charge in [0, 0.05) is 20.4 Å². The first-order valence-corrected chi connectivity index (χ1v) is 13.7. The lowest BCUT2D eigenvalue weighted by Crippen LogP contribution is -2.16. The van der Waals surface area contributed by atoms with E-state index >= 15 is 0 Å². The van der Waals surface area contributed by atoms with Crippen LogP contribution in [0, 0.1) is 0 Å². The average molecular weight is 539 g/mol. The third-order valence-corrected chi connectivity index (χ3v) is 7.68. The zero-order chi connectivity index (χ0) is 25.5. The van der Waals surface area contributed by atoms with E-state index in [1.54, 1.807) is 37.3 Å². The maximum Gasteiger partial charge on any atom is 0.262 e. The van der Waals surface area contributed by atoms with Crippen molar-refractivity contribution < 1.29 is 17.9 Å². The predicted octanol–water partition coefficient (Wildman–Crippen LogP) is 6.94. The molecule has 4 rings (SSSR count). The molecule has 0 radical (unpaired) electrons. The SMILES string of the molecule is CCOc1ccc(S(=O)(=O)Nc2ccccc2Sc2ccccc2)cc1NC(=O)c1cccc(Cl)c1. The summed E-state index contributed by atoms with van der Waals surface area (Å²) in [5, 5.41) is 3.16. The van der Waals surface area contributed by atoms with Gasteiger partial charge in [0.1, 0.15) is 5.75 Å². The fourth-order valence-corrected chi connectivity index (χ4v) is 5.62. The minimum absolute atomic E-state index is 0.0214. The predicted molar refractivity (Wildman–Crippen MR) is 145 cm³/mol. The molecule has 0 atom stereocenters. The first-order valence-electron chi connectivity index (χ1n) is 11.0. The van der Waals surface area contributed by atoms with E-state index in [0.717, 1.165) is 9.79 Å². The van der Waals surface area contributed by atoms with Crippen LogP contribution in [0.25, 0.3) is 0 Å². The highest BCUT2D eigenvalue weighted by Crippen LogP contribution is 2.35. The molecule has 4 aromatic rings. The summed E-state index contributed by atoms with van der Waals surface area (Å²) in [6, 6.07) is 27.7. The molecule has 0 fully saturated rings. The van der Waals surface area contributed by atoms with E-state index in [1.807, 2.05) is 42.5 Å². The van der Waals surface area contributed by atoms with E-state index in [-0.39, 0.29) is 10.6 Å². The van der Waals surface area contributed by atoms with Crippen molar-refractivity contribution in [1.82, 2.24) is 0 Å². The fraction of sp³-hybridized carbons (Fsp3) is 0.0741. The van der Waals surface area contributed by atoms with Gasteiger partial charge in [-0.15, -0.1) is 0 Å². The van der Waals surface area contributed by atoms with Crippen molar-refractivity contribution >= 4 is 50.7 Å². The molecule has 184 valence electrons. The number of halogens is 1. The van der Waals surface area contributed by atoms with Crippen LogP contribution in [0.3, 0.4) is 0 Å². The van der Waals surface area contributed by atoms with Crippen molar-refractivity contribution in [3.05, 3.63) is 108 Å². The van der Waals surface area contributed by atoms with E-state index in [4.69, 9.17) is 16.3 Å². The van der Waals surface area contributed by atoms with Crippen LogP contribution < -0.4 is 14.8 Å². The number of sulfonamides is 1. The molecule has 2 N–H and O–H groups in total. The smallest absolute Gasteiger partial charge is 0.262 e. The van der Waals surface area contributed by atoms with Gasteiger partial charge in [0.25, 0.3) is 15.9 Å². The Morgan fingerprint density at radius 2 is 1.64 bits per heavy atom. The van der Waals surface area contributed by atoms with Gasteiger partial charge in [0.05, 0.1) is 22.9 Å². The molecule has 0 aromatic heterocycles. The van der Waals surface area contributed by atoms with Crippen LogP contribution in [0.5, 0.6) is 5.75 Å². The summed E-state index contributed by atoms with van der Waals surface area (Å²) < 4.78 is 35.0. The van der Waals surface area contributed by atoms with Gasteiger partial charge in [-0.3, -0.25) is 9.52 Å². The molecule has 9 heteroatoms. The Bertz CT molecular complexity index is 1480. The minimum atomic E-state index is -3.98. The van der Waals surface area contributed by atoms with E-state index in [2.05, 4.69) is 10.0 Å². The van der Waals surface area contributed by atoms with Crippen LogP contribution in [0.1, 0.15) is 17.3 Å². The quantitative estimate of drug-likeness (QED) is 0.241. The zero-order valence-electron chi connectivity index (χ0n) is 19.3. The van der Waals surface area contributed by atoms with E-state index in [9.17, 15) is 13.2 Å². The number of ether oxygens (including phenoxy) is 1. The summed E-state index contributed by atoms with van der Waals surface area (Å²) in [7, 11) is -3.98. The van der Waals surface area contributed by atoms with Gasteiger partial charge in [0.15, 0.2) is 0 Å². The van der Waals surface area contributed by atoms with Crippen LogP contribution in [0.15, 0.2) is 112 Å². The molecule has 0 aliphatic rings. The molecule has 0 heterocycles. The van der Waals surface area contributed by atoms with Crippen molar-refractivity contribution in [2.24, 2.45) is 0 Å². The number of carbonyl (C=O) groups is 1. The molecule has 4 aromatic carbocycles. The van der Waals surface area contributed by atoms with Crippen LogP contribution in [-0.4, -0.2) is 20.9 Å². The van der Waals surface area contributed by atoms with E-state index < -0.39 is 15.9 Å². The van der Waals surface area contributed by atoms with Crippen molar-refractivity contribution in [2.45, 2.75) is 21.6 Å². The number of anilines is 2. The van der Waals surface area contributed by atoms with Crippen LogP contribution in [0.4, 0.5) is 11.4 Å². The van der Waals surface area contributed by atoms with Crippen molar-refractivity contribution in [2.75, 3.05) is 16.6 Å². The third kappa shape index (κ3) is 6.40.